The molecular weight excluding hydrogens is 172 g/mol. The number of nitrogens with one attached hydrogen (secondary N) is 1. The number of fused-ring (bicyclic) bond motifs is 1. The molecular formula is C8H6N2O3. The van der Waals surface area contributed by atoms with Crippen molar-refractivity contribution in [2.24, 2.45) is 0 Å². The molecule has 1 aliphatic heterocycles. The van der Waals surface area contributed by atoms with Gasteiger partial charge in [0.25, 0.3) is 11.8 Å². The molecule has 0 radical (unpaired) electrons. The molecule has 0 bridgehead atoms. The summed E-state index contributed by atoms with van der Waals surface area (Å²) >= 11 is 0. The number of nitrogens with zero attached hydrogens (tertiary/aromatic N) is 1. The Morgan fingerprint density at radius 3 is 1.92 bits per heavy atom. The van der Waals surface area contributed by atoms with Crippen LogP contribution in [0.5, 0.6) is 0 Å². The summed E-state index contributed by atoms with van der Waals surface area (Å²) in [5.41, 5.74) is 2.14. The highest BCUT2D eigenvalue weighted by Gasteiger charge is 2.34. The minimum Gasteiger partial charge on any atom is -0.297 e. The Bertz CT molecular complexity index is 354. The number of hydrogen-bond acceptors (Lipinski definition) is 4. The van der Waals surface area contributed by atoms with Crippen LogP contribution in [0.3, 0.4) is 0 Å². The third kappa shape index (κ3) is 0.947. The topological polar surface area (TPSA) is 69.6 Å². The summed E-state index contributed by atoms with van der Waals surface area (Å²) in [6.45, 7) is 0. The van der Waals surface area contributed by atoms with Crippen LogP contribution in [0.15, 0.2) is 24.3 Å². The van der Waals surface area contributed by atoms with Gasteiger partial charge in [-0.1, -0.05) is 12.1 Å². The maximum atomic E-state index is 11.3. The zero-order valence-electron chi connectivity index (χ0n) is 6.52. The molecule has 2 rings (SSSR count). The molecule has 0 aliphatic carbocycles. The van der Waals surface area contributed by atoms with Crippen molar-refractivity contribution < 1.29 is 14.8 Å². The van der Waals surface area contributed by atoms with Crippen LogP contribution < -0.4 is 5.59 Å². The molecule has 0 unspecified atom stereocenters. The Labute approximate surface area is 73.5 Å². The summed E-state index contributed by atoms with van der Waals surface area (Å²) in [7, 11) is 0. The summed E-state index contributed by atoms with van der Waals surface area (Å²) in [6, 6.07) is 6.38. The van der Waals surface area contributed by atoms with E-state index in [-0.39, 0.29) is 0 Å². The average molecular weight is 178 g/mol. The fourth-order valence-corrected chi connectivity index (χ4v) is 1.28. The van der Waals surface area contributed by atoms with Crippen molar-refractivity contribution in [2.75, 3.05) is 0 Å². The first-order chi connectivity index (χ1) is 6.25. The van der Waals surface area contributed by atoms with Gasteiger partial charge in [-0.25, -0.2) is 0 Å². The van der Waals surface area contributed by atoms with Gasteiger partial charge in [-0.3, -0.25) is 14.8 Å². The van der Waals surface area contributed by atoms with Crippen molar-refractivity contribution in [3.05, 3.63) is 35.4 Å². The monoisotopic (exact) mass is 178 g/mol. The van der Waals surface area contributed by atoms with E-state index in [0.29, 0.717) is 16.1 Å². The first kappa shape index (κ1) is 7.90. The molecule has 0 aromatic heterocycles. The molecule has 0 atom stereocenters. The molecule has 1 heterocycles. The van der Waals surface area contributed by atoms with Crippen molar-refractivity contribution in [1.82, 2.24) is 10.6 Å². The second-order valence-electron chi connectivity index (χ2n) is 2.59. The lowest BCUT2D eigenvalue weighted by Crippen LogP contribution is -2.40. The summed E-state index contributed by atoms with van der Waals surface area (Å²) < 4.78 is 0. The molecule has 13 heavy (non-hydrogen) atoms. The molecule has 0 saturated heterocycles. The number of amides is 2. The Morgan fingerprint density at radius 1 is 1.08 bits per heavy atom. The van der Waals surface area contributed by atoms with Gasteiger partial charge in [0.15, 0.2) is 0 Å². The highest BCUT2D eigenvalue weighted by Crippen LogP contribution is 2.19. The third-order valence-corrected chi connectivity index (χ3v) is 1.89. The molecule has 1 aliphatic rings. The van der Waals surface area contributed by atoms with E-state index in [9.17, 15) is 9.59 Å². The SMILES string of the molecule is O=C1c2ccccc2C(=O)N1NO. The average Bonchev–Trinajstić information content (AvgIpc) is 2.41. The Hall–Kier alpha value is -1.72. The zero-order valence-corrected chi connectivity index (χ0v) is 6.52. The normalized spacial score (nSPS) is 15.0. The van der Waals surface area contributed by atoms with Crippen LogP contribution in [0.2, 0.25) is 0 Å². The summed E-state index contributed by atoms with van der Waals surface area (Å²) in [6.07, 6.45) is 0. The van der Waals surface area contributed by atoms with Crippen molar-refractivity contribution in [1.29, 1.82) is 0 Å². The fourth-order valence-electron chi connectivity index (χ4n) is 1.28. The van der Waals surface area contributed by atoms with Crippen molar-refractivity contribution in [3.63, 3.8) is 0 Å². The van der Waals surface area contributed by atoms with E-state index in [1.807, 2.05) is 0 Å². The first-order valence-electron chi connectivity index (χ1n) is 3.63. The van der Waals surface area contributed by atoms with E-state index >= 15 is 0 Å². The number of imide groups is 1. The minimum atomic E-state index is -0.539. The summed E-state index contributed by atoms with van der Waals surface area (Å²) in [4.78, 5) is 22.6. The van der Waals surface area contributed by atoms with Crippen LogP contribution >= 0.6 is 0 Å². The van der Waals surface area contributed by atoms with E-state index in [1.54, 1.807) is 17.7 Å². The van der Waals surface area contributed by atoms with Crippen LogP contribution in [0.1, 0.15) is 20.7 Å². The lowest BCUT2D eigenvalue weighted by Gasteiger charge is -2.07. The number of carbonyl (C=O) groups is 2. The fraction of sp³-hybridized carbons (Fsp3) is 0. The molecule has 5 heteroatoms. The Kier molecular flexibility index (Phi) is 1.61. The van der Waals surface area contributed by atoms with Crippen LogP contribution in [-0.2, 0) is 0 Å². The van der Waals surface area contributed by atoms with Gasteiger partial charge in [0.1, 0.15) is 0 Å². The van der Waals surface area contributed by atoms with Gasteiger partial charge >= 0.3 is 0 Å². The lowest BCUT2D eigenvalue weighted by atomic mass is 10.1. The predicted molar refractivity (Wildman–Crippen MR) is 41.9 cm³/mol. The maximum absolute atomic E-state index is 11.3. The van der Waals surface area contributed by atoms with Crippen molar-refractivity contribution >= 4 is 11.8 Å². The molecule has 0 saturated carbocycles. The summed E-state index contributed by atoms with van der Waals surface area (Å²) in [5, 5.41) is 9.07. The first-order valence-corrected chi connectivity index (χ1v) is 3.63. The number of hydrogen-bond donors (Lipinski definition) is 2. The van der Waals surface area contributed by atoms with Gasteiger partial charge in [-0.05, 0) is 12.1 Å². The summed E-state index contributed by atoms with van der Waals surface area (Å²) in [5.74, 6) is -1.08. The lowest BCUT2D eigenvalue weighted by molar-refractivity contribution is 0.00131. The van der Waals surface area contributed by atoms with Gasteiger partial charge in [0.2, 0.25) is 0 Å². The van der Waals surface area contributed by atoms with E-state index < -0.39 is 11.8 Å². The number of rotatable bonds is 1. The predicted octanol–water partition coefficient (Wildman–Crippen LogP) is 0.176. The van der Waals surface area contributed by atoms with Crippen LogP contribution in [-0.4, -0.2) is 22.0 Å². The van der Waals surface area contributed by atoms with Gasteiger partial charge in [-0.15, -0.1) is 5.59 Å². The van der Waals surface area contributed by atoms with Crippen LogP contribution in [0.4, 0.5) is 0 Å². The molecule has 1 aromatic rings. The maximum Gasteiger partial charge on any atom is 0.277 e. The second kappa shape index (κ2) is 2.65. The van der Waals surface area contributed by atoms with Gasteiger partial charge in [0, 0.05) is 0 Å². The molecule has 66 valence electrons. The van der Waals surface area contributed by atoms with Crippen LogP contribution in [0, 0.1) is 0 Å². The molecule has 0 fully saturated rings. The van der Waals surface area contributed by atoms with E-state index in [0.717, 1.165) is 0 Å². The number of benzene rings is 1. The quantitative estimate of drug-likeness (QED) is 0.475. The van der Waals surface area contributed by atoms with Gasteiger partial charge in [-0.2, -0.15) is 5.01 Å². The highest BCUT2D eigenvalue weighted by atomic mass is 16.5. The van der Waals surface area contributed by atoms with Gasteiger partial charge < -0.3 is 0 Å². The Balaban J connectivity index is 2.57. The number of carbonyl (C=O) groups excluding carboxylic acids is 2. The van der Waals surface area contributed by atoms with Gasteiger partial charge in [0.05, 0.1) is 11.1 Å². The number of hydrazine groups is 1. The third-order valence-electron chi connectivity index (χ3n) is 1.89. The molecule has 5 nitrogen and oxygen atoms in total. The highest BCUT2D eigenvalue weighted by molar-refractivity contribution is 6.20. The second-order valence-corrected chi connectivity index (χ2v) is 2.59. The smallest absolute Gasteiger partial charge is 0.277 e. The van der Waals surface area contributed by atoms with Crippen molar-refractivity contribution in [2.45, 2.75) is 0 Å². The molecule has 2 amide bonds. The standard InChI is InChI=1S/C8H6N2O3/c11-7-5-3-1-2-4-6(5)8(12)10(7)9-13/h1-4,9,13H. The molecule has 2 N–H and O–H groups in total. The van der Waals surface area contributed by atoms with E-state index in [1.165, 1.54) is 12.1 Å². The van der Waals surface area contributed by atoms with Crippen molar-refractivity contribution in [3.8, 4) is 0 Å². The molecule has 0 spiro atoms. The van der Waals surface area contributed by atoms with Crippen LogP contribution in [0.25, 0.3) is 0 Å². The zero-order chi connectivity index (χ0) is 9.42. The van der Waals surface area contributed by atoms with E-state index in [4.69, 9.17) is 5.21 Å². The largest absolute Gasteiger partial charge is 0.297 e. The molecule has 1 aromatic carbocycles. The minimum absolute atomic E-state index is 0.300. The Morgan fingerprint density at radius 2 is 1.54 bits per heavy atom. The van der Waals surface area contributed by atoms with E-state index in [2.05, 4.69) is 0 Å².